The van der Waals surface area contributed by atoms with Gasteiger partial charge in [0.15, 0.2) is 0 Å². The lowest BCUT2D eigenvalue weighted by molar-refractivity contribution is 0.0656. The van der Waals surface area contributed by atoms with Crippen LogP contribution in [0.25, 0.3) is 0 Å². The van der Waals surface area contributed by atoms with Gasteiger partial charge in [0.2, 0.25) is 0 Å². The molecule has 0 saturated heterocycles. The van der Waals surface area contributed by atoms with Gasteiger partial charge < -0.3 is 5.32 Å². The van der Waals surface area contributed by atoms with Crippen LogP contribution in [0.5, 0.6) is 0 Å². The Bertz CT molecular complexity index is 1250. The molecule has 1 aliphatic heterocycles. The van der Waals surface area contributed by atoms with Crippen LogP contribution in [-0.4, -0.2) is 29.2 Å². The highest BCUT2D eigenvalue weighted by molar-refractivity contribution is 6.31. The Kier molecular flexibility index (Phi) is 5.52. The highest BCUT2D eigenvalue weighted by atomic mass is 35.5. The number of halogens is 1. The molecule has 31 heavy (non-hydrogen) atoms. The van der Waals surface area contributed by atoms with Crippen molar-refractivity contribution < 1.29 is 14.4 Å². The third kappa shape index (κ3) is 4.04. The second kappa shape index (κ2) is 8.42. The van der Waals surface area contributed by atoms with Crippen LogP contribution < -0.4 is 5.32 Å². The Hall–Kier alpha value is -3.95. The number of hydrogen-bond donors (Lipinski definition) is 1. The summed E-state index contributed by atoms with van der Waals surface area (Å²) in [5.41, 5.74) is 2.39. The predicted octanol–water partition coefficient (Wildman–Crippen LogP) is 4.30. The highest BCUT2D eigenvalue weighted by Crippen LogP contribution is 2.25. The number of benzene rings is 3. The average Bonchev–Trinajstić information content (AvgIpc) is 3.03. The first kappa shape index (κ1) is 20.3. The Balaban J connectivity index is 1.51. The molecule has 0 saturated carbocycles. The van der Waals surface area contributed by atoms with Gasteiger partial charge in [-0.25, -0.2) is 0 Å². The molecule has 0 atom stereocenters. The fraction of sp³-hybridized carbons (Fsp3) is 0.0833. The van der Waals surface area contributed by atoms with E-state index in [1.807, 2.05) is 36.4 Å². The minimum Gasteiger partial charge on any atom is -0.322 e. The number of nitrogens with one attached hydrogen (secondary N) is 1. The van der Waals surface area contributed by atoms with Crippen molar-refractivity contribution >= 4 is 35.0 Å². The van der Waals surface area contributed by atoms with Crippen molar-refractivity contribution in [3.05, 3.63) is 99.6 Å². The molecule has 4 rings (SSSR count). The average molecular weight is 430 g/mol. The fourth-order valence-electron chi connectivity index (χ4n) is 3.41. The van der Waals surface area contributed by atoms with E-state index in [4.69, 9.17) is 16.9 Å². The molecular weight excluding hydrogens is 414 g/mol. The van der Waals surface area contributed by atoms with Crippen LogP contribution in [0.15, 0.2) is 66.7 Å². The quantitative estimate of drug-likeness (QED) is 0.612. The maximum atomic E-state index is 12.8. The number of anilines is 1. The van der Waals surface area contributed by atoms with Gasteiger partial charge in [0.25, 0.3) is 17.7 Å². The third-order valence-electron chi connectivity index (χ3n) is 5.04. The van der Waals surface area contributed by atoms with Crippen LogP contribution in [0.4, 0.5) is 5.69 Å². The number of fused-ring (bicyclic) bond motifs is 1. The van der Waals surface area contributed by atoms with Crippen LogP contribution >= 0.6 is 11.6 Å². The third-order valence-corrected chi connectivity index (χ3v) is 5.37. The Morgan fingerprint density at radius 2 is 1.71 bits per heavy atom. The molecule has 6 nitrogen and oxygen atoms in total. The number of nitrogens with zero attached hydrogens (tertiary/aromatic N) is 2. The molecule has 0 aromatic heterocycles. The van der Waals surface area contributed by atoms with Crippen molar-refractivity contribution in [3.8, 4) is 6.07 Å². The first-order chi connectivity index (χ1) is 15.0. The monoisotopic (exact) mass is 429 g/mol. The summed E-state index contributed by atoms with van der Waals surface area (Å²) in [6, 6.07) is 20.5. The molecule has 3 amide bonds. The second-order valence-electron chi connectivity index (χ2n) is 7.02. The van der Waals surface area contributed by atoms with Crippen LogP contribution in [0, 0.1) is 11.3 Å². The summed E-state index contributed by atoms with van der Waals surface area (Å²) < 4.78 is 0. The van der Waals surface area contributed by atoms with Crippen molar-refractivity contribution in [2.45, 2.75) is 6.42 Å². The molecule has 0 radical (unpaired) electrons. The maximum absolute atomic E-state index is 12.8. The van der Waals surface area contributed by atoms with E-state index in [1.165, 1.54) is 35.2 Å². The zero-order valence-electron chi connectivity index (χ0n) is 16.3. The summed E-state index contributed by atoms with van der Waals surface area (Å²) >= 11 is 5.91. The zero-order valence-corrected chi connectivity index (χ0v) is 17.0. The fourth-order valence-corrected chi connectivity index (χ4v) is 3.57. The van der Waals surface area contributed by atoms with Crippen LogP contribution in [0.2, 0.25) is 5.02 Å². The maximum Gasteiger partial charge on any atom is 0.261 e. The van der Waals surface area contributed by atoms with Gasteiger partial charge in [0.1, 0.15) is 6.07 Å². The topological polar surface area (TPSA) is 90.3 Å². The van der Waals surface area contributed by atoms with Gasteiger partial charge in [-0.2, -0.15) is 5.26 Å². The van der Waals surface area contributed by atoms with Crippen molar-refractivity contribution in [2.75, 3.05) is 11.9 Å². The Labute approximate surface area is 183 Å². The van der Waals surface area contributed by atoms with Crippen molar-refractivity contribution in [2.24, 2.45) is 0 Å². The van der Waals surface area contributed by atoms with Crippen LogP contribution in [-0.2, 0) is 6.42 Å². The molecule has 7 heteroatoms. The predicted molar refractivity (Wildman–Crippen MR) is 116 cm³/mol. The highest BCUT2D eigenvalue weighted by Gasteiger charge is 2.35. The molecule has 0 unspecified atom stereocenters. The van der Waals surface area contributed by atoms with E-state index in [0.717, 1.165) is 5.56 Å². The van der Waals surface area contributed by atoms with Gasteiger partial charge in [-0.1, -0.05) is 41.9 Å². The van der Waals surface area contributed by atoms with E-state index in [0.29, 0.717) is 12.1 Å². The minimum atomic E-state index is -0.461. The van der Waals surface area contributed by atoms with Gasteiger partial charge in [0.05, 0.1) is 21.7 Å². The summed E-state index contributed by atoms with van der Waals surface area (Å²) in [5, 5.41) is 12.0. The lowest BCUT2D eigenvalue weighted by Crippen LogP contribution is -2.31. The molecular formula is C24H16ClN3O3. The zero-order chi connectivity index (χ0) is 22.0. The van der Waals surface area contributed by atoms with Crippen molar-refractivity contribution in [1.82, 2.24) is 4.90 Å². The van der Waals surface area contributed by atoms with Gasteiger partial charge in [0, 0.05) is 17.8 Å². The number of nitriles is 1. The molecule has 1 N–H and O–H groups in total. The molecule has 3 aromatic carbocycles. The summed E-state index contributed by atoms with van der Waals surface area (Å²) in [6.45, 7) is 0.263. The minimum absolute atomic E-state index is 0.208. The molecule has 0 fully saturated rings. The number of carbonyl (C=O) groups is 3. The summed E-state index contributed by atoms with van der Waals surface area (Å²) in [6.07, 6.45) is 0.553. The van der Waals surface area contributed by atoms with Crippen LogP contribution in [0.1, 0.15) is 42.2 Å². The normalized spacial score (nSPS) is 12.5. The summed E-state index contributed by atoms with van der Waals surface area (Å²) in [4.78, 5) is 39.3. The molecule has 0 bridgehead atoms. The first-order valence-corrected chi connectivity index (χ1v) is 9.91. The van der Waals surface area contributed by atoms with E-state index in [1.54, 1.807) is 6.07 Å². The molecule has 1 aliphatic rings. The van der Waals surface area contributed by atoms with Gasteiger partial charge in [-0.15, -0.1) is 0 Å². The summed E-state index contributed by atoms with van der Waals surface area (Å²) in [7, 11) is 0. The lowest BCUT2D eigenvalue weighted by Gasteiger charge is -2.13. The van der Waals surface area contributed by atoms with Gasteiger partial charge >= 0.3 is 0 Å². The van der Waals surface area contributed by atoms with E-state index >= 15 is 0 Å². The molecule has 152 valence electrons. The Morgan fingerprint density at radius 3 is 2.45 bits per heavy atom. The smallest absolute Gasteiger partial charge is 0.261 e. The van der Waals surface area contributed by atoms with E-state index in [-0.39, 0.29) is 39.7 Å². The van der Waals surface area contributed by atoms with Crippen molar-refractivity contribution in [1.29, 1.82) is 5.26 Å². The SMILES string of the molecule is N#Cc1cc(NC(=O)c2ccc3c(c2)C(=O)N(CCc2ccccc2)C3=O)ccc1Cl. The number of imide groups is 1. The number of hydrogen-bond acceptors (Lipinski definition) is 4. The van der Waals surface area contributed by atoms with E-state index in [9.17, 15) is 14.4 Å². The van der Waals surface area contributed by atoms with Gasteiger partial charge in [-0.3, -0.25) is 19.3 Å². The molecule has 0 spiro atoms. The largest absolute Gasteiger partial charge is 0.322 e. The van der Waals surface area contributed by atoms with E-state index in [2.05, 4.69) is 5.32 Å². The summed E-state index contributed by atoms with van der Waals surface area (Å²) in [5.74, 6) is -1.24. The standard InChI is InChI=1S/C24H16ClN3O3/c25-21-9-7-18(12-17(21)14-26)27-22(29)16-6-8-19-20(13-16)24(31)28(23(19)30)11-10-15-4-2-1-3-5-15/h1-9,12-13H,10-11H2,(H,27,29). The van der Waals surface area contributed by atoms with E-state index < -0.39 is 11.8 Å². The van der Waals surface area contributed by atoms with Crippen molar-refractivity contribution in [3.63, 3.8) is 0 Å². The molecule has 1 heterocycles. The Morgan fingerprint density at radius 1 is 0.968 bits per heavy atom. The van der Waals surface area contributed by atoms with Gasteiger partial charge in [-0.05, 0) is 48.4 Å². The van der Waals surface area contributed by atoms with Crippen LogP contribution in [0.3, 0.4) is 0 Å². The second-order valence-corrected chi connectivity index (χ2v) is 7.43. The number of rotatable bonds is 5. The number of carbonyl (C=O) groups excluding carboxylic acids is 3. The lowest BCUT2D eigenvalue weighted by atomic mass is 10.1. The first-order valence-electron chi connectivity index (χ1n) is 9.53. The molecule has 0 aliphatic carbocycles. The number of amides is 3. The molecule has 3 aromatic rings.